The molecular weight excluding hydrogens is 254 g/mol. The molecular formula is C15H23N3O2. The van der Waals surface area contributed by atoms with Crippen LogP contribution in [0.1, 0.15) is 49.7 Å². The van der Waals surface area contributed by atoms with Crippen molar-refractivity contribution in [2.45, 2.75) is 45.1 Å². The molecule has 1 saturated heterocycles. The summed E-state index contributed by atoms with van der Waals surface area (Å²) in [6, 6.07) is -0.0497. The van der Waals surface area contributed by atoms with Crippen LogP contribution >= 0.6 is 0 Å². The number of aromatic amines is 1. The fourth-order valence-electron chi connectivity index (χ4n) is 3.31. The summed E-state index contributed by atoms with van der Waals surface area (Å²) < 4.78 is 5.54. The van der Waals surface area contributed by atoms with Gasteiger partial charge in [-0.1, -0.05) is 12.8 Å². The summed E-state index contributed by atoms with van der Waals surface area (Å²) in [5.74, 6) is 1.70. The van der Waals surface area contributed by atoms with Gasteiger partial charge in [0, 0.05) is 24.9 Å². The predicted molar refractivity (Wildman–Crippen MR) is 75.2 cm³/mol. The molecule has 0 radical (unpaired) electrons. The van der Waals surface area contributed by atoms with E-state index in [0.29, 0.717) is 32.1 Å². The number of aryl methyl sites for hydroxylation is 1. The Kier molecular flexibility index (Phi) is 4.05. The molecule has 1 amide bonds. The van der Waals surface area contributed by atoms with Gasteiger partial charge in [-0.15, -0.1) is 0 Å². The Balaban J connectivity index is 1.69. The molecule has 1 unspecified atom stereocenters. The predicted octanol–water partition coefficient (Wildman–Crippen LogP) is 2.20. The van der Waals surface area contributed by atoms with Crippen LogP contribution in [0.15, 0.2) is 6.20 Å². The lowest BCUT2D eigenvalue weighted by Crippen LogP contribution is -2.44. The van der Waals surface area contributed by atoms with Gasteiger partial charge >= 0.3 is 0 Å². The molecule has 1 saturated carbocycles. The van der Waals surface area contributed by atoms with Crippen molar-refractivity contribution in [2.24, 2.45) is 5.92 Å². The van der Waals surface area contributed by atoms with Crippen LogP contribution in [0.2, 0.25) is 0 Å². The molecule has 1 N–H and O–H groups in total. The third kappa shape index (κ3) is 2.87. The topological polar surface area (TPSA) is 58.2 Å². The first kappa shape index (κ1) is 13.6. The molecule has 5 nitrogen and oxygen atoms in total. The zero-order chi connectivity index (χ0) is 13.9. The fourth-order valence-corrected chi connectivity index (χ4v) is 3.31. The van der Waals surface area contributed by atoms with Gasteiger partial charge in [-0.05, 0) is 25.7 Å². The first-order chi connectivity index (χ1) is 9.74. The summed E-state index contributed by atoms with van der Waals surface area (Å²) in [5.41, 5.74) is 1.02. The van der Waals surface area contributed by atoms with Gasteiger partial charge in [-0.2, -0.15) is 0 Å². The zero-order valence-corrected chi connectivity index (χ0v) is 12.1. The number of nitrogens with zero attached hydrogens (tertiary/aromatic N) is 2. The standard InChI is InChI=1S/C15H23N3O2/c1-11-9-16-15(17-11)13-10-20-7-6-18(13)14(19)8-12-4-2-3-5-12/h9,12-13H,2-8,10H2,1H3,(H,16,17). The molecule has 20 heavy (non-hydrogen) atoms. The second-order valence-electron chi connectivity index (χ2n) is 5.98. The van der Waals surface area contributed by atoms with Crippen LogP contribution in [0.25, 0.3) is 0 Å². The van der Waals surface area contributed by atoms with E-state index in [1.54, 1.807) is 0 Å². The van der Waals surface area contributed by atoms with Crippen LogP contribution in [0, 0.1) is 12.8 Å². The molecule has 1 atom stereocenters. The van der Waals surface area contributed by atoms with E-state index in [2.05, 4.69) is 9.97 Å². The van der Waals surface area contributed by atoms with Crippen molar-refractivity contribution in [1.82, 2.24) is 14.9 Å². The van der Waals surface area contributed by atoms with Crippen LogP contribution in [0.3, 0.4) is 0 Å². The molecule has 3 rings (SSSR count). The van der Waals surface area contributed by atoms with E-state index in [1.807, 2.05) is 18.0 Å². The first-order valence-electron chi connectivity index (χ1n) is 7.63. The SMILES string of the molecule is Cc1cnc(C2COCCN2C(=O)CC2CCCC2)[nH]1. The van der Waals surface area contributed by atoms with Gasteiger partial charge in [0.05, 0.1) is 13.2 Å². The smallest absolute Gasteiger partial charge is 0.223 e. The quantitative estimate of drug-likeness (QED) is 0.921. The lowest BCUT2D eigenvalue weighted by Gasteiger charge is -2.35. The van der Waals surface area contributed by atoms with E-state index < -0.39 is 0 Å². The number of morpholine rings is 1. The molecule has 0 spiro atoms. The number of ether oxygens (including phenoxy) is 1. The highest BCUT2D eigenvalue weighted by Crippen LogP contribution is 2.30. The van der Waals surface area contributed by atoms with Crippen LogP contribution in [-0.2, 0) is 9.53 Å². The monoisotopic (exact) mass is 277 g/mol. The molecule has 0 bridgehead atoms. The molecule has 0 aromatic carbocycles. The zero-order valence-electron chi connectivity index (χ0n) is 12.1. The van der Waals surface area contributed by atoms with Crippen LogP contribution in [-0.4, -0.2) is 40.5 Å². The normalized spacial score (nSPS) is 24.2. The third-order valence-corrected chi connectivity index (χ3v) is 4.43. The van der Waals surface area contributed by atoms with Crippen molar-refractivity contribution in [1.29, 1.82) is 0 Å². The second-order valence-corrected chi connectivity index (χ2v) is 5.98. The minimum absolute atomic E-state index is 0.0497. The van der Waals surface area contributed by atoms with Crippen molar-refractivity contribution >= 4 is 5.91 Å². The Morgan fingerprint density at radius 3 is 3.00 bits per heavy atom. The van der Waals surface area contributed by atoms with E-state index in [-0.39, 0.29) is 11.9 Å². The molecule has 1 aromatic rings. The maximum absolute atomic E-state index is 12.6. The number of rotatable bonds is 3. The molecule has 2 aliphatic rings. The number of carbonyl (C=O) groups excluding carboxylic acids is 1. The highest BCUT2D eigenvalue weighted by Gasteiger charge is 2.32. The van der Waals surface area contributed by atoms with Gasteiger partial charge in [0.25, 0.3) is 0 Å². The number of imidazole rings is 1. The minimum atomic E-state index is -0.0497. The van der Waals surface area contributed by atoms with E-state index in [0.717, 1.165) is 11.5 Å². The lowest BCUT2D eigenvalue weighted by molar-refractivity contribution is -0.141. The van der Waals surface area contributed by atoms with Crippen LogP contribution in [0.4, 0.5) is 0 Å². The van der Waals surface area contributed by atoms with Crippen LogP contribution < -0.4 is 0 Å². The van der Waals surface area contributed by atoms with Crippen LogP contribution in [0.5, 0.6) is 0 Å². The van der Waals surface area contributed by atoms with Gasteiger partial charge in [0.15, 0.2) is 0 Å². The highest BCUT2D eigenvalue weighted by atomic mass is 16.5. The number of nitrogens with one attached hydrogen (secondary N) is 1. The first-order valence-corrected chi connectivity index (χ1v) is 7.63. The Hall–Kier alpha value is -1.36. The summed E-state index contributed by atoms with van der Waals surface area (Å²) in [5, 5.41) is 0. The molecule has 2 fully saturated rings. The Morgan fingerprint density at radius 2 is 2.30 bits per heavy atom. The summed E-state index contributed by atoms with van der Waals surface area (Å²) >= 11 is 0. The maximum Gasteiger partial charge on any atom is 0.223 e. The highest BCUT2D eigenvalue weighted by molar-refractivity contribution is 5.77. The van der Waals surface area contributed by atoms with Crippen molar-refractivity contribution in [3.63, 3.8) is 0 Å². The summed E-state index contributed by atoms with van der Waals surface area (Å²) in [6.07, 6.45) is 7.48. The molecule has 1 aliphatic carbocycles. The number of amides is 1. The number of aromatic nitrogens is 2. The van der Waals surface area contributed by atoms with Gasteiger partial charge in [-0.25, -0.2) is 4.98 Å². The minimum Gasteiger partial charge on any atom is -0.377 e. The number of carbonyl (C=O) groups is 1. The molecule has 110 valence electrons. The third-order valence-electron chi connectivity index (χ3n) is 4.43. The van der Waals surface area contributed by atoms with Crippen molar-refractivity contribution in [2.75, 3.05) is 19.8 Å². The summed E-state index contributed by atoms with van der Waals surface area (Å²) in [4.78, 5) is 22.1. The molecule has 5 heteroatoms. The average molecular weight is 277 g/mol. The van der Waals surface area contributed by atoms with E-state index in [9.17, 15) is 4.79 Å². The summed E-state index contributed by atoms with van der Waals surface area (Å²) in [7, 11) is 0. The second kappa shape index (κ2) is 5.95. The number of hydrogen-bond donors (Lipinski definition) is 1. The number of H-pyrrole nitrogens is 1. The largest absolute Gasteiger partial charge is 0.377 e. The van der Waals surface area contributed by atoms with E-state index in [1.165, 1.54) is 25.7 Å². The summed E-state index contributed by atoms with van der Waals surface area (Å²) in [6.45, 7) is 3.83. The molecule has 1 aromatic heterocycles. The molecule has 2 heterocycles. The van der Waals surface area contributed by atoms with Gasteiger partial charge in [0.1, 0.15) is 11.9 Å². The Labute approximate surface area is 119 Å². The molecule has 1 aliphatic heterocycles. The Bertz CT molecular complexity index is 465. The van der Waals surface area contributed by atoms with Crippen molar-refractivity contribution < 1.29 is 9.53 Å². The van der Waals surface area contributed by atoms with Gasteiger partial charge in [0.2, 0.25) is 5.91 Å². The van der Waals surface area contributed by atoms with Gasteiger partial charge < -0.3 is 14.6 Å². The maximum atomic E-state index is 12.6. The number of hydrogen-bond acceptors (Lipinski definition) is 3. The van der Waals surface area contributed by atoms with Crippen molar-refractivity contribution in [3.8, 4) is 0 Å². The fraction of sp³-hybridized carbons (Fsp3) is 0.733. The lowest BCUT2D eigenvalue weighted by atomic mass is 10.0. The van der Waals surface area contributed by atoms with Crippen molar-refractivity contribution in [3.05, 3.63) is 17.7 Å². The Morgan fingerprint density at radius 1 is 1.50 bits per heavy atom. The van der Waals surface area contributed by atoms with E-state index >= 15 is 0 Å². The average Bonchev–Trinajstić information content (AvgIpc) is 3.10. The van der Waals surface area contributed by atoms with Gasteiger partial charge in [-0.3, -0.25) is 4.79 Å². The van der Waals surface area contributed by atoms with E-state index in [4.69, 9.17) is 4.74 Å².